The topological polar surface area (TPSA) is 24.9 Å². The molecule has 96 valence electrons. The molecule has 2 nitrogen and oxygen atoms in total. The zero-order valence-corrected chi connectivity index (χ0v) is 12.2. The number of aryl methyl sites for hydroxylation is 1. The molecule has 0 aromatic carbocycles. The summed E-state index contributed by atoms with van der Waals surface area (Å²) in [6, 6.07) is 6.26. The predicted molar refractivity (Wildman–Crippen MR) is 78.4 cm³/mol. The Morgan fingerprint density at radius 1 is 1.44 bits per heavy atom. The molecule has 2 aromatic rings. The second-order valence-electron chi connectivity index (χ2n) is 4.23. The molecule has 0 bridgehead atoms. The molecule has 2 heterocycles. The van der Waals surface area contributed by atoms with Crippen molar-refractivity contribution in [1.82, 2.24) is 10.3 Å². The average Bonchev–Trinajstić information content (AvgIpc) is 2.71. The van der Waals surface area contributed by atoms with E-state index < -0.39 is 0 Å². The van der Waals surface area contributed by atoms with Crippen molar-refractivity contribution in [2.24, 2.45) is 0 Å². The smallest absolute Gasteiger partial charge is 0.0590 e. The highest BCUT2D eigenvalue weighted by molar-refractivity contribution is 7.10. The van der Waals surface area contributed by atoms with Gasteiger partial charge in [0.05, 0.1) is 5.02 Å². The molecule has 0 saturated heterocycles. The Morgan fingerprint density at radius 2 is 2.28 bits per heavy atom. The Morgan fingerprint density at radius 3 is 2.83 bits per heavy atom. The van der Waals surface area contributed by atoms with Gasteiger partial charge in [0.15, 0.2) is 0 Å². The fraction of sp³-hybridized carbons (Fsp3) is 0.357. The number of pyridine rings is 1. The van der Waals surface area contributed by atoms with Crippen LogP contribution in [-0.4, -0.2) is 11.5 Å². The van der Waals surface area contributed by atoms with Crippen molar-refractivity contribution in [3.8, 4) is 0 Å². The summed E-state index contributed by atoms with van der Waals surface area (Å²) in [6.45, 7) is 5.08. The highest BCUT2D eigenvalue weighted by Gasteiger charge is 2.18. The van der Waals surface area contributed by atoms with Gasteiger partial charge in [0, 0.05) is 29.2 Å². The van der Waals surface area contributed by atoms with E-state index in [1.54, 1.807) is 11.3 Å². The van der Waals surface area contributed by atoms with Gasteiger partial charge < -0.3 is 5.32 Å². The minimum Gasteiger partial charge on any atom is -0.309 e. The van der Waals surface area contributed by atoms with E-state index in [-0.39, 0.29) is 6.04 Å². The van der Waals surface area contributed by atoms with Crippen LogP contribution in [0.25, 0.3) is 0 Å². The maximum Gasteiger partial charge on any atom is 0.0590 e. The van der Waals surface area contributed by atoms with Crippen molar-refractivity contribution < 1.29 is 0 Å². The van der Waals surface area contributed by atoms with E-state index in [2.05, 4.69) is 28.7 Å². The number of nitrogens with one attached hydrogen (secondary N) is 1. The monoisotopic (exact) mass is 280 g/mol. The third-order valence-corrected chi connectivity index (χ3v) is 4.66. The SMILES string of the molecule is CCNC(Cc1ccccn1)c1scc(C)c1Cl. The normalized spacial score (nSPS) is 12.6. The second kappa shape index (κ2) is 6.32. The molecular formula is C14H17ClN2S. The first kappa shape index (κ1) is 13.5. The molecule has 18 heavy (non-hydrogen) atoms. The molecule has 0 saturated carbocycles. The van der Waals surface area contributed by atoms with Crippen molar-refractivity contribution in [3.05, 3.63) is 50.9 Å². The summed E-state index contributed by atoms with van der Waals surface area (Å²) in [4.78, 5) is 5.59. The van der Waals surface area contributed by atoms with Crippen molar-refractivity contribution >= 4 is 22.9 Å². The number of thiophene rings is 1. The Bertz CT molecular complexity index is 496. The van der Waals surface area contributed by atoms with E-state index >= 15 is 0 Å². The minimum atomic E-state index is 0.246. The molecular weight excluding hydrogens is 264 g/mol. The Kier molecular flexibility index (Phi) is 4.75. The minimum absolute atomic E-state index is 0.246. The molecule has 0 aliphatic rings. The molecule has 1 unspecified atom stereocenters. The fourth-order valence-corrected chi connectivity index (χ4v) is 3.32. The predicted octanol–water partition coefficient (Wildman–Crippen LogP) is 4.00. The molecule has 4 heteroatoms. The van der Waals surface area contributed by atoms with Crippen LogP contribution in [0.1, 0.15) is 29.1 Å². The first-order chi connectivity index (χ1) is 8.72. The van der Waals surface area contributed by atoms with Gasteiger partial charge in [0.1, 0.15) is 0 Å². The van der Waals surface area contributed by atoms with Crippen molar-refractivity contribution in [1.29, 1.82) is 0 Å². The van der Waals surface area contributed by atoms with E-state index in [1.165, 1.54) is 4.88 Å². The molecule has 0 amide bonds. The highest BCUT2D eigenvalue weighted by Crippen LogP contribution is 2.33. The zero-order chi connectivity index (χ0) is 13.0. The Balaban J connectivity index is 2.21. The van der Waals surface area contributed by atoms with Gasteiger partial charge in [-0.3, -0.25) is 4.98 Å². The molecule has 0 fully saturated rings. The standard InChI is InChI=1S/C14H17ClN2S/c1-3-16-12(8-11-6-4-5-7-17-11)14-13(15)10(2)9-18-14/h4-7,9,12,16H,3,8H2,1-2H3. The van der Waals surface area contributed by atoms with E-state index in [0.29, 0.717) is 0 Å². The Hall–Kier alpha value is -0.900. The molecule has 0 spiro atoms. The third-order valence-electron chi connectivity index (χ3n) is 2.83. The van der Waals surface area contributed by atoms with Crippen LogP contribution < -0.4 is 5.32 Å². The van der Waals surface area contributed by atoms with Gasteiger partial charge in [0.25, 0.3) is 0 Å². The van der Waals surface area contributed by atoms with Crippen LogP contribution in [0.4, 0.5) is 0 Å². The maximum atomic E-state index is 6.36. The maximum absolute atomic E-state index is 6.36. The van der Waals surface area contributed by atoms with Crippen molar-refractivity contribution in [2.45, 2.75) is 26.3 Å². The van der Waals surface area contributed by atoms with Crippen LogP contribution in [0.2, 0.25) is 5.02 Å². The number of hydrogen-bond donors (Lipinski definition) is 1. The van der Waals surface area contributed by atoms with Crippen LogP contribution in [0.3, 0.4) is 0 Å². The van der Waals surface area contributed by atoms with Gasteiger partial charge in [-0.1, -0.05) is 24.6 Å². The molecule has 0 aliphatic heterocycles. The number of aromatic nitrogens is 1. The number of rotatable bonds is 5. The summed E-state index contributed by atoms with van der Waals surface area (Å²) in [5.74, 6) is 0. The van der Waals surface area contributed by atoms with Crippen LogP contribution >= 0.6 is 22.9 Å². The average molecular weight is 281 g/mol. The summed E-state index contributed by atoms with van der Waals surface area (Å²) in [5.41, 5.74) is 2.24. The lowest BCUT2D eigenvalue weighted by Crippen LogP contribution is -2.22. The van der Waals surface area contributed by atoms with Crippen LogP contribution in [0.5, 0.6) is 0 Å². The van der Waals surface area contributed by atoms with E-state index in [0.717, 1.165) is 29.2 Å². The zero-order valence-electron chi connectivity index (χ0n) is 10.6. The van der Waals surface area contributed by atoms with Gasteiger partial charge >= 0.3 is 0 Å². The lowest BCUT2D eigenvalue weighted by molar-refractivity contribution is 0.552. The lowest BCUT2D eigenvalue weighted by Gasteiger charge is -2.16. The molecule has 1 atom stereocenters. The molecule has 2 rings (SSSR count). The van der Waals surface area contributed by atoms with E-state index in [9.17, 15) is 0 Å². The van der Waals surface area contributed by atoms with Gasteiger partial charge in [-0.05, 0) is 36.5 Å². The highest BCUT2D eigenvalue weighted by atomic mass is 35.5. The summed E-state index contributed by atoms with van der Waals surface area (Å²) >= 11 is 8.08. The molecule has 1 N–H and O–H groups in total. The van der Waals surface area contributed by atoms with Gasteiger partial charge in [-0.15, -0.1) is 11.3 Å². The van der Waals surface area contributed by atoms with Crippen molar-refractivity contribution in [3.63, 3.8) is 0 Å². The Labute approximate surface area is 117 Å². The largest absolute Gasteiger partial charge is 0.309 e. The summed E-state index contributed by atoms with van der Waals surface area (Å²) < 4.78 is 0. The molecule has 0 radical (unpaired) electrons. The quantitative estimate of drug-likeness (QED) is 0.895. The van der Waals surface area contributed by atoms with Crippen LogP contribution in [-0.2, 0) is 6.42 Å². The molecule has 0 aliphatic carbocycles. The van der Waals surface area contributed by atoms with E-state index in [4.69, 9.17) is 11.6 Å². The first-order valence-electron chi connectivity index (χ1n) is 6.09. The third kappa shape index (κ3) is 3.10. The number of nitrogens with zero attached hydrogens (tertiary/aromatic N) is 1. The number of halogens is 1. The number of likely N-dealkylation sites (N-methyl/N-ethyl adjacent to an activating group) is 1. The van der Waals surface area contributed by atoms with Gasteiger partial charge in [0.2, 0.25) is 0 Å². The number of hydrogen-bond acceptors (Lipinski definition) is 3. The van der Waals surface area contributed by atoms with E-state index in [1.807, 2.05) is 25.3 Å². The summed E-state index contributed by atoms with van der Waals surface area (Å²) in [5, 5.41) is 6.49. The second-order valence-corrected chi connectivity index (χ2v) is 5.52. The first-order valence-corrected chi connectivity index (χ1v) is 7.35. The summed E-state index contributed by atoms with van der Waals surface area (Å²) in [7, 11) is 0. The van der Waals surface area contributed by atoms with Gasteiger partial charge in [-0.25, -0.2) is 0 Å². The van der Waals surface area contributed by atoms with Crippen LogP contribution in [0, 0.1) is 6.92 Å². The fourth-order valence-electron chi connectivity index (χ4n) is 1.92. The lowest BCUT2D eigenvalue weighted by atomic mass is 10.1. The van der Waals surface area contributed by atoms with Gasteiger partial charge in [-0.2, -0.15) is 0 Å². The summed E-state index contributed by atoms with van der Waals surface area (Å²) in [6.07, 6.45) is 2.70. The van der Waals surface area contributed by atoms with Crippen LogP contribution in [0.15, 0.2) is 29.8 Å². The molecule has 2 aromatic heterocycles. The van der Waals surface area contributed by atoms with Crippen molar-refractivity contribution in [2.75, 3.05) is 6.54 Å².